The van der Waals surface area contributed by atoms with Crippen LogP contribution in [0.3, 0.4) is 0 Å². The first-order valence-electron chi connectivity index (χ1n) is 9.52. The number of fused-ring (bicyclic) bond motifs is 2. The highest BCUT2D eigenvalue weighted by molar-refractivity contribution is 9.11. The van der Waals surface area contributed by atoms with E-state index >= 15 is 0 Å². The van der Waals surface area contributed by atoms with Crippen LogP contribution in [0.4, 0.5) is 0 Å². The zero-order valence-electron chi connectivity index (χ0n) is 17.4. The van der Waals surface area contributed by atoms with Gasteiger partial charge in [-0.25, -0.2) is 4.18 Å². The predicted molar refractivity (Wildman–Crippen MR) is 135 cm³/mol. The molecule has 0 bridgehead atoms. The zero-order valence-corrected chi connectivity index (χ0v) is 24.6. The van der Waals surface area contributed by atoms with Gasteiger partial charge in [-0.3, -0.25) is 14.1 Å². The van der Waals surface area contributed by atoms with Gasteiger partial charge in [0.1, 0.15) is 21.7 Å². The Bertz CT molecular complexity index is 1340. The van der Waals surface area contributed by atoms with Crippen LogP contribution in [-0.4, -0.2) is 48.0 Å². The molecule has 34 heavy (non-hydrogen) atoms. The van der Waals surface area contributed by atoms with Crippen molar-refractivity contribution in [2.24, 2.45) is 0 Å². The molecule has 2 aromatic carbocycles. The van der Waals surface area contributed by atoms with E-state index in [1.165, 1.54) is 7.11 Å². The summed E-state index contributed by atoms with van der Waals surface area (Å²) in [5.41, 5.74) is -0.558. The van der Waals surface area contributed by atoms with Crippen LogP contribution in [-0.2, 0) is 21.0 Å². The SMILES string of the molecule is CCC[C@H](Cc1c(Br)c(O)c2c(c1Br)C(=O)c1c(Br)c(O)c(Br)c(OC)c1C2=O)OS(=O)(=O)O. The standard InChI is InChI=1S/C20H16Br4O9S/c1-3-4-6(33-34(29,30)31)5-7-12(21)8-10(18(27)13(7)22)17(26)11-9(16(8)25)14(23)19(28)15(24)20(11)32-2/h6,27-28H,3-5H2,1-2H3,(H,29,30,31)/t6-/m1/s1. The number of hydrogen-bond acceptors (Lipinski definition) is 8. The lowest BCUT2D eigenvalue weighted by Gasteiger charge is -2.26. The molecule has 0 spiro atoms. The number of methoxy groups -OCH3 is 1. The Morgan fingerprint density at radius 2 is 1.41 bits per heavy atom. The van der Waals surface area contributed by atoms with Gasteiger partial charge in [0.25, 0.3) is 0 Å². The fourth-order valence-electron chi connectivity index (χ4n) is 3.77. The van der Waals surface area contributed by atoms with Gasteiger partial charge in [-0.2, -0.15) is 8.42 Å². The van der Waals surface area contributed by atoms with Crippen molar-refractivity contribution < 1.29 is 41.7 Å². The topological polar surface area (TPSA) is 147 Å². The van der Waals surface area contributed by atoms with Gasteiger partial charge >= 0.3 is 10.4 Å². The van der Waals surface area contributed by atoms with Crippen molar-refractivity contribution in [1.29, 1.82) is 0 Å². The Balaban J connectivity index is 2.29. The summed E-state index contributed by atoms with van der Waals surface area (Å²) in [6, 6.07) is 0. The molecule has 3 rings (SSSR count). The van der Waals surface area contributed by atoms with Gasteiger partial charge < -0.3 is 14.9 Å². The third-order valence-corrected chi connectivity index (χ3v) is 8.92. The number of carbonyl (C=O) groups excluding carboxylic acids is 2. The first-order valence-corrected chi connectivity index (χ1v) is 14.1. The molecule has 0 amide bonds. The van der Waals surface area contributed by atoms with Crippen LogP contribution in [0.1, 0.15) is 57.2 Å². The second-order valence-corrected chi connectivity index (χ2v) is 11.5. The number of phenols is 2. The smallest absolute Gasteiger partial charge is 0.397 e. The summed E-state index contributed by atoms with van der Waals surface area (Å²) in [5, 5.41) is 21.4. The lowest BCUT2D eigenvalue weighted by molar-refractivity contribution is 0.0972. The van der Waals surface area contributed by atoms with Crippen LogP contribution in [0.25, 0.3) is 0 Å². The van der Waals surface area contributed by atoms with E-state index in [0.717, 1.165) is 0 Å². The van der Waals surface area contributed by atoms with Crippen molar-refractivity contribution in [3.8, 4) is 17.2 Å². The van der Waals surface area contributed by atoms with Gasteiger partial charge in [0, 0.05) is 10.9 Å². The molecule has 1 aliphatic rings. The van der Waals surface area contributed by atoms with Crippen molar-refractivity contribution in [2.45, 2.75) is 32.3 Å². The van der Waals surface area contributed by atoms with E-state index in [1.807, 2.05) is 0 Å². The highest BCUT2D eigenvalue weighted by Gasteiger charge is 2.42. The quantitative estimate of drug-likeness (QED) is 0.268. The third kappa shape index (κ3) is 4.70. The predicted octanol–water partition coefficient (Wildman–Crippen LogP) is 5.46. The molecule has 0 saturated carbocycles. The van der Waals surface area contributed by atoms with Crippen molar-refractivity contribution in [1.82, 2.24) is 0 Å². The second-order valence-electron chi connectivity index (χ2n) is 7.26. The maximum atomic E-state index is 13.6. The first-order chi connectivity index (χ1) is 15.8. The zero-order chi connectivity index (χ0) is 25.7. The average molecular weight is 752 g/mol. The Kier molecular flexibility index (Phi) is 8.22. The van der Waals surface area contributed by atoms with Crippen LogP contribution >= 0.6 is 63.7 Å². The van der Waals surface area contributed by atoms with Gasteiger partial charge in [-0.15, -0.1) is 0 Å². The number of ether oxygens (including phenoxy) is 1. The monoisotopic (exact) mass is 748 g/mol. The molecule has 0 heterocycles. The van der Waals surface area contributed by atoms with E-state index in [0.29, 0.717) is 6.42 Å². The lowest BCUT2D eigenvalue weighted by atomic mass is 9.81. The lowest BCUT2D eigenvalue weighted by Crippen LogP contribution is -2.25. The number of aromatic hydroxyl groups is 2. The summed E-state index contributed by atoms with van der Waals surface area (Å²) in [7, 11) is -3.50. The number of phenolic OH excluding ortho intramolecular Hbond substituents is 2. The molecule has 0 radical (unpaired) electrons. The molecular formula is C20H16Br4O9S. The van der Waals surface area contributed by atoms with Gasteiger partial charge in [-0.05, 0) is 75.7 Å². The Labute approximate surface area is 228 Å². The van der Waals surface area contributed by atoms with Crippen molar-refractivity contribution >= 4 is 85.7 Å². The molecule has 0 saturated heterocycles. The van der Waals surface area contributed by atoms with Gasteiger partial charge in [0.15, 0.2) is 5.78 Å². The number of benzene rings is 2. The minimum Gasteiger partial charge on any atom is -0.506 e. The van der Waals surface area contributed by atoms with E-state index in [9.17, 15) is 28.2 Å². The van der Waals surface area contributed by atoms with E-state index in [1.54, 1.807) is 6.92 Å². The minimum absolute atomic E-state index is 0.0404. The van der Waals surface area contributed by atoms with E-state index in [-0.39, 0.29) is 70.0 Å². The fraction of sp³-hybridized carbons (Fsp3) is 0.300. The largest absolute Gasteiger partial charge is 0.506 e. The molecule has 0 aromatic heterocycles. The minimum atomic E-state index is -4.77. The highest BCUT2D eigenvalue weighted by atomic mass is 79.9. The molecule has 0 aliphatic heterocycles. The van der Waals surface area contributed by atoms with Crippen LogP contribution in [0, 0.1) is 0 Å². The molecule has 0 unspecified atom stereocenters. The maximum Gasteiger partial charge on any atom is 0.397 e. The molecule has 3 N–H and O–H groups in total. The van der Waals surface area contributed by atoms with Crippen molar-refractivity contribution in [2.75, 3.05) is 7.11 Å². The highest BCUT2D eigenvalue weighted by Crippen LogP contribution is 2.52. The Hall–Kier alpha value is -1.03. The van der Waals surface area contributed by atoms with Crippen molar-refractivity contribution in [3.63, 3.8) is 0 Å². The van der Waals surface area contributed by atoms with Gasteiger partial charge in [0.05, 0.1) is 44.4 Å². The normalized spacial score (nSPS) is 14.1. The molecule has 9 nitrogen and oxygen atoms in total. The molecular weight excluding hydrogens is 736 g/mol. The van der Waals surface area contributed by atoms with Crippen molar-refractivity contribution in [3.05, 3.63) is 45.7 Å². The first kappa shape index (κ1) is 27.6. The summed E-state index contributed by atoms with van der Waals surface area (Å²) < 4.78 is 41.9. The number of rotatable bonds is 7. The van der Waals surface area contributed by atoms with E-state index in [2.05, 4.69) is 63.7 Å². The molecule has 184 valence electrons. The van der Waals surface area contributed by atoms with Gasteiger partial charge in [0.2, 0.25) is 5.78 Å². The summed E-state index contributed by atoms with van der Waals surface area (Å²) in [6.07, 6.45) is -0.409. The molecule has 0 fully saturated rings. The van der Waals surface area contributed by atoms with Gasteiger partial charge in [-0.1, -0.05) is 13.3 Å². The Morgan fingerprint density at radius 1 is 0.853 bits per heavy atom. The average Bonchev–Trinajstić information content (AvgIpc) is 2.74. The number of hydrogen-bond donors (Lipinski definition) is 3. The fourth-order valence-corrected chi connectivity index (χ4v) is 7.25. The summed E-state index contributed by atoms with van der Waals surface area (Å²) >= 11 is 12.9. The van der Waals surface area contributed by atoms with Crippen LogP contribution in [0.5, 0.6) is 17.2 Å². The maximum absolute atomic E-state index is 13.6. The summed E-state index contributed by atoms with van der Waals surface area (Å²) in [6.45, 7) is 1.78. The molecule has 14 heteroatoms. The summed E-state index contributed by atoms with van der Waals surface area (Å²) in [5.74, 6) is -2.41. The third-order valence-electron chi connectivity index (χ3n) is 5.17. The second kappa shape index (κ2) is 10.1. The van der Waals surface area contributed by atoms with Crippen LogP contribution in [0.2, 0.25) is 0 Å². The van der Waals surface area contributed by atoms with Crippen LogP contribution < -0.4 is 4.74 Å². The molecule has 1 aliphatic carbocycles. The molecule has 2 aromatic rings. The number of ketones is 2. The summed E-state index contributed by atoms with van der Waals surface area (Å²) in [4.78, 5) is 27.1. The van der Waals surface area contributed by atoms with E-state index < -0.39 is 33.8 Å². The van der Waals surface area contributed by atoms with Crippen LogP contribution in [0.15, 0.2) is 17.9 Å². The number of halogens is 4. The number of carbonyl (C=O) groups is 2. The van der Waals surface area contributed by atoms with E-state index in [4.69, 9.17) is 13.5 Å². The molecule has 1 atom stereocenters. The Morgan fingerprint density at radius 3 is 1.94 bits per heavy atom.